The van der Waals surface area contributed by atoms with E-state index >= 15 is 0 Å². The van der Waals surface area contributed by atoms with Crippen LogP contribution in [0.1, 0.15) is 88.8 Å². The molecular weight excluding hydrogens is 526 g/mol. The zero-order valence-corrected chi connectivity index (χ0v) is 24.8. The van der Waals surface area contributed by atoms with Gasteiger partial charge < -0.3 is 29.5 Å². The molecule has 41 heavy (non-hydrogen) atoms. The number of ether oxygens (including phenoxy) is 1. The molecule has 224 valence electrons. The van der Waals surface area contributed by atoms with E-state index in [1.807, 2.05) is 34.6 Å². The third-order valence-electron chi connectivity index (χ3n) is 7.51. The predicted octanol–water partition coefficient (Wildman–Crippen LogP) is 3.06. The van der Waals surface area contributed by atoms with Crippen LogP contribution >= 0.6 is 0 Å². The molecule has 11 heteroatoms. The van der Waals surface area contributed by atoms with E-state index in [0.717, 1.165) is 6.42 Å². The molecule has 2 aliphatic rings. The van der Waals surface area contributed by atoms with Crippen molar-refractivity contribution in [3.05, 3.63) is 41.5 Å². The van der Waals surface area contributed by atoms with Crippen LogP contribution in [0.2, 0.25) is 0 Å². The Labute approximate surface area is 241 Å². The number of nitrogens with zero attached hydrogens (tertiary/aromatic N) is 4. The second kappa shape index (κ2) is 13.0. The lowest BCUT2D eigenvalue weighted by molar-refractivity contribution is -0.146. The van der Waals surface area contributed by atoms with Gasteiger partial charge in [-0.3, -0.25) is 14.4 Å². The average molecular weight is 570 g/mol. The van der Waals surface area contributed by atoms with Gasteiger partial charge in [-0.05, 0) is 50.2 Å². The summed E-state index contributed by atoms with van der Waals surface area (Å²) in [4.78, 5) is 48.4. The van der Waals surface area contributed by atoms with E-state index < -0.39 is 18.0 Å². The number of benzene rings is 1. The predicted molar refractivity (Wildman–Crippen MR) is 151 cm³/mol. The average Bonchev–Trinajstić information content (AvgIpc) is 3.61. The van der Waals surface area contributed by atoms with E-state index in [0.29, 0.717) is 62.8 Å². The summed E-state index contributed by atoms with van der Waals surface area (Å²) < 4.78 is 11.2. The zero-order valence-electron chi connectivity index (χ0n) is 24.8. The van der Waals surface area contributed by atoms with Gasteiger partial charge in [0.1, 0.15) is 17.8 Å². The largest absolute Gasteiger partial charge is 0.485 e. The third kappa shape index (κ3) is 7.63. The van der Waals surface area contributed by atoms with Gasteiger partial charge in [0.15, 0.2) is 6.61 Å². The number of piperidine rings is 1. The van der Waals surface area contributed by atoms with E-state index in [2.05, 4.69) is 15.5 Å². The molecule has 2 N–H and O–H groups in total. The van der Waals surface area contributed by atoms with Crippen LogP contribution in [0, 0.1) is 5.92 Å². The maximum absolute atomic E-state index is 13.8. The number of hydrogen-bond donors (Lipinski definition) is 2. The molecule has 2 saturated heterocycles. The van der Waals surface area contributed by atoms with Gasteiger partial charge in [0.05, 0.1) is 11.7 Å². The molecule has 0 bridgehead atoms. The number of aliphatic hydroxyl groups excluding tert-OH is 1. The van der Waals surface area contributed by atoms with E-state index in [-0.39, 0.29) is 41.4 Å². The number of aliphatic hydroxyl groups is 1. The Bertz CT molecular complexity index is 1210. The Morgan fingerprint density at radius 1 is 1.12 bits per heavy atom. The summed E-state index contributed by atoms with van der Waals surface area (Å²) in [6, 6.07) is 5.48. The standard InChI is InChI=1S/C30H43N5O6/c1-19(2)17-22(27(38)35-14-8-10-23(35)28(39)34-15-12-20(36)13-16-34)31-26(37)21-9-6-7-11-24(21)40-18-25-32-29(41-33-25)30(3,4)5/h6-7,9,11,19-20,22-23,36H,8,10,12-18H2,1-5H3,(H,31,37)/t22-,23-/m1/s1. The lowest BCUT2D eigenvalue weighted by Crippen LogP contribution is -2.55. The molecule has 3 heterocycles. The minimum absolute atomic E-state index is 0.0172. The Morgan fingerprint density at radius 3 is 2.49 bits per heavy atom. The number of likely N-dealkylation sites (tertiary alicyclic amines) is 2. The van der Waals surface area contributed by atoms with Crippen molar-refractivity contribution < 1.29 is 28.8 Å². The van der Waals surface area contributed by atoms with Gasteiger partial charge in [-0.25, -0.2) is 0 Å². The summed E-state index contributed by atoms with van der Waals surface area (Å²) in [6.45, 7) is 11.4. The summed E-state index contributed by atoms with van der Waals surface area (Å²) in [5, 5.41) is 16.7. The van der Waals surface area contributed by atoms with E-state index in [9.17, 15) is 19.5 Å². The number of carbonyl (C=O) groups excluding carboxylic acids is 3. The molecule has 1 aromatic carbocycles. The fraction of sp³-hybridized carbons (Fsp3) is 0.633. The fourth-order valence-electron chi connectivity index (χ4n) is 5.25. The van der Waals surface area contributed by atoms with Crippen LogP contribution in [-0.4, -0.2) is 80.6 Å². The Hall–Kier alpha value is -3.47. The first-order valence-electron chi connectivity index (χ1n) is 14.6. The van der Waals surface area contributed by atoms with Crippen molar-refractivity contribution in [2.45, 2.75) is 96.9 Å². The van der Waals surface area contributed by atoms with Crippen molar-refractivity contribution in [2.75, 3.05) is 19.6 Å². The van der Waals surface area contributed by atoms with Gasteiger partial charge in [0.25, 0.3) is 5.91 Å². The van der Waals surface area contributed by atoms with Gasteiger partial charge in [-0.15, -0.1) is 0 Å². The lowest BCUT2D eigenvalue weighted by atomic mass is 9.97. The van der Waals surface area contributed by atoms with E-state index in [4.69, 9.17) is 9.26 Å². The van der Waals surface area contributed by atoms with Crippen molar-refractivity contribution in [3.63, 3.8) is 0 Å². The van der Waals surface area contributed by atoms with Crippen molar-refractivity contribution in [3.8, 4) is 5.75 Å². The Morgan fingerprint density at radius 2 is 1.83 bits per heavy atom. The van der Waals surface area contributed by atoms with Crippen LogP contribution in [0.15, 0.2) is 28.8 Å². The maximum atomic E-state index is 13.8. The van der Waals surface area contributed by atoms with E-state index in [1.165, 1.54) is 0 Å². The summed E-state index contributed by atoms with van der Waals surface area (Å²) >= 11 is 0. The molecule has 0 aliphatic carbocycles. The smallest absolute Gasteiger partial charge is 0.255 e. The number of hydrogen-bond acceptors (Lipinski definition) is 8. The van der Waals surface area contributed by atoms with Gasteiger partial charge in [0.2, 0.25) is 23.5 Å². The first-order valence-corrected chi connectivity index (χ1v) is 14.6. The highest BCUT2D eigenvalue weighted by molar-refractivity contribution is 6.00. The van der Waals surface area contributed by atoms with E-state index in [1.54, 1.807) is 34.1 Å². The molecule has 0 saturated carbocycles. The second-order valence-electron chi connectivity index (χ2n) is 12.5. The number of carbonyl (C=O) groups is 3. The van der Waals surface area contributed by atoms with Gasteiger partial charge in [0, 0.05) is 25.0 Å². The number of aromatic nitrogens is 2. The second-order valence-corrected chi connectivity index (χ2v) is 12.5. The number of nitrogens with one attached hydrogen (secondary N) is 1. The number of para-hydroxylation sites is 1. The van der Waals surface area contributed by atoms with Gasteiger partial charge >= 0.3 is 0 Å². The molecule has 2 aliphatic heterocycles. The minimum atomic E-state index is -0.793. The zero-order chi connectivity index (χ0) is 29.7. The normalized spacial score (nSPS) is 19.0. The molecule has 2 atom stereocenters. The summed E-state index contributed by atoms with van der Waals surface area (Å²) in [6.07, 6.45) is 2.46. The lowest BCUT2D eigenvalue weighted by Gasteiger charge is -2.35. The molecule has 4 rings (SSSR count). The molecule has 1 aromatic heterocycles. The SMILES string of the molecule is CC(C)C[C@@H](NC(=O)c1ccccc1OCc1noc(C(C)(C)C)n1)C(=O)N1CCC[C@@H]1C(=O)N1CCC(O)CC1. The highest BCUT2D eigenvalue weighted by atomic mass is 16.5. The van der Waals surface area contributed by atoms with Crippen LogP contribution in [0.4, 0.5) is 0 Å². The van der Waals surface area contributed by atoms with Gasteiger partial charge in [-0.1, -0.05) is 51.9 Å². The molecule has 3 amide bonds. The van der Waals surface area contributed by atoms with Crippen LogP contribution in [0.5, 0.6) is 5.75 Å². The van der Waals surface area contributed by atoms with Crippen molar-refractivity contribution in [1.29, 1.82) is 0 Å². The molecule has 2 aromatic rings. The van der Waals surface area contributed by atoms with Crippen LogP contribution in [0.3, 0.4) is 0 Å². The topological polar surface area (TPSA) is 138 Å². The highest BCUT2D eigenvalue weighted by Gasteiger charge is 2.40. The molecule has 0 radical (unpaired) electrons. The summed E-state index contributed by atoms with van der Waals surface area (Å²) in [5.41, 5.74) is -0.00880. The number of rotatable bonds is 9. The van der Waals surface area contributed by atoms with Crippen LogP contribution < -0.4 is 10.1 Å². The van der Waals surface area contributed by atoms with Crippen molar-refractivity contribution >= 4 is 17.7 Å². The summed E-state index contributed by atoms with van der Waals surface area (Å²) in [5.74, 6) is 0.567. The first-order chi connectivity index (χ1) is 19.4. The third-order valence-corrected chi connectivity index (χ3v) is 7.51. The van der Waals surface area contributed by atoms with Crippen LogP contribution in [0.25, 0.3) is 0 Å². The van der Waals surface area contributed by atoms with Gasteiger partial charge in [-0.2, -0.15) is 4.98 Å². The Kier molecular flexibility index (Phi) is 9.68. The highest BCUT2D eigenvalue weighted by Crippen LogP contribution is 2.25. The molecular formula is C30H43N5O6. The van der Waals surface area contributed by atoms with Crippen LogP contribution in [-0.2, 0) is 21.6 Å². The fourth-order valence-corrected chi connectivity index (χ4v) is 5.25. The maximum Gasteiger partial charge on any atom is 0.255 e. The quantitative estimate of drug-likeness (QED) is 0.470. The molecule has 2 fully saturated rings. The minimum Gasteiger partial charge on any atom is -0.485 e. The van der Waals surface area contributed by atoms with Crippen molar-refractivity contribution in [2.24, 2.45) is 5.92 Å². The molecule has 0 spiro atoms. The molecule has 11 nitrogen and oxygen atoms in total. The number of amides is 3. The summed E-state index contributed by atoms with van der Waals surface area (Å²) in [7, 11) is 0. The monoisotopic (exact) mass is 569 g/mol. The van der Waals surface area contributed by atoms with Crippen molar-refractivity contribution in [1.82, 2.24) is 25.3 Å². The Balaban J connectivity index is 1.45. The first kappa shape index (κ1) is 30.5. The molecule has 0 unspecified atom stereocenters.